The number of aromatic carboxylic acids is 1. The van der Waals surface area contributed by atoms with Crippen molar-refractivity contribution in [1.29, 1.82) is 0 Å². The number of ether oxygens (including phenoxy) is 1. The quantitative estimate of drug-likeness (QED) is 0.671. The van der Waals surface area contributed by atoms with Crippen molar-refractivity contribution in [1.82, 2.24) is 9.97 Å². The SMILES string of the molecule is Cc1ncccc1Oc1cc(C(=O)O)c([N+](=O)[O-])cn1. The summed E-state index contributed by atoms with van der Waals surface area (Å²) in [6.45, 7) is 1.71. The number of aromatic nitrogens is 2. The lowest BCUT2D eigenvalue weighted by atomic mass is 10.2. The van der Waals surface area contributed by atoms with Crippen molar-refractivity contribution >= 4 is 11.7 Å². The summed E-state index contributed by atoms with van der Waals surface area (Å²) in [7, 11) is 0. The molecule has 0 aliphatic heterocycles. The normalized spacial score (nSPS) is 10.1. The van der Waals surface area contributed by atoms with Crippen molar-refractivity contribution in [3.05, 3.63) is 52.0 Å². The molecule has 2 rings (SSSR count). The van der Waals surface area contributed by atoms with Crippen molar-refractivity contribution in [2.24, 2.45) is 0 Å². The van der Waals surface area contributed by atoms with Gasteiger partial charge in [-0.05, 0) is 19.1 Å². The fourth-order valence-electron chi connectivity index (χ4n) is 1.49. The van der Waals surface area contributed by atoms with E-state index < -0.39 is 22.1 Å². The van der Waals surface area contributed by atoms with Crippen LogP contribution in [0.15, 0.2) is 30.6 Å². The van der Waals surface area contributed by atoms with E-state index in [0.29, 0.717) is 11.4 Å². The Balaban J connectivity index is 2.40. The molecule has 0 aromatic carbocycles. The Bertz CT molecular complexity index is 687. The number of hydrogen-bond acceptors (Lipinski definition) is 6. The molecule has 0 aliphatic carbocycles. The zero-order chi connectivity index (χ0) is 14.7. The minimum absolute atomic E-state index is 0.0518. The molecule has 2 aromatic rings. The molecule has 0 saturated heterocycles. The smallest absolute Gasteiger partial charge is 0.342 e. The third-order valence-corrected chi connectivity index (χ3v) is 2.46. The maximum absolute atomic E-state index is 11.0. The molecule has 0 radical (unpaired) electrons. The molecule has 20 heavy (non-hydrogen) atoms. The van der Waals surface area contributed by atoms with Gasteiger partial charge in [0.15, 0.2) is 5.75 Å². The van der Waals surface area contributed by atoms with E-state index in [1.807, 2.05) is 0 Å². The molecule has 0 spiro atoms. The van der Waals surface area contributed by atoms with Gasteiger partial charge in [-0.3, -0.25) is 15.1 Å². The Kier molecular flexibility index (Phi) is 3.56. The second kappa shape index (κ2) is 5.31. The highest BCUT2D eigenvalue weighted by Gasteiger charge is 2.21. The van der Waals surface area contributed by atoms with Gasteiger partial charge in [0.25, 0.3) is 0 Å². The number of hydrogen-bond donors (Lipinski definition) is 1. The molecule has 8 heteroatoms. The molecule has 2 heterocycles. The number of nitrogens with zero attached hydrogens (tertiary/aromatic N) is 3. The largest absolute Gasteiger partial charge is 0.477 e. The van der Waals surface area contributed by atoms with Gasteiger partial charge in [-0.25, -0.2) is 9.78 Å². The minimum Gasteiger partial charge on any atom is -0.477 e. The maximum atomic E-state index is 11.0. The van der Waals surface area contributed by atoms with Crippen LogP contribution in [0.2, 0.25) is 0 Å². The molecule has 0 fully saturated rings. The summed E-state index contributed by atoms with van der Waals surface area (Å²) >= 11 is 0. The van der Waals surface area contributed by atoms with E-state index >= 15 is 0 Å². The Morgan fingerprint density at radius 2 is 2.20 bits per heavy atom. The lowest BCUT2D eigenvalue weighted by Gasteiger charge is -2.07. The first kappa shape index (κ1) is 13.4. The minimum atomic E-state index is -1.42. The van der Waals surface area contributed by atoms with Crippen LogP contribution in [-0.4, -0.2) is 26.0 Å². The van der Waals surface area contributed by atoms with Gasteiger partial charge in [0.1, 0.15) is 11.8 Å². The molecular formula is C12H9N3O5. The Hall–Kier alpha value is -3.03. The molecule has 0 atom stereocenters. The first-order valence-electron chi connectivity index (χ1n) is 5.46. The predicted octanol–water partition coefficient (Wildman–Crippen LogP) is 2.18. The summed E-state index contributed by atoms with van der Waals surface area (Å²) in [5.41, 5.74) is -0.487. The zero-order valence-electron chi connectivity index (χ0n) is 10.3. The van der Waals surface area contributed by atoms with Gasteiger partial charge in [-0.2, -0.15) is 0 Å². The highest BCUT2D eigenvalue weighted by molar-refractivity contribution is 5.92. The van der Waals surface area contributed by atoms with Crippen LogP contribution in [0.1, 0.15) is 16.1 Å². The van der Waals surface area contributed by atoms with Gasteiger partial charge in [0.05, 0.1) is 10.6 Å². The molecule has 0 aliphatic rings. The number of carboxylic acid groups (broad SMARTS) is 1. The highest BCUT2D eigenvalue weighted by atomic mass is 16.6. The molecule has 0 bridgehead atoms. The van der Waals surface area contributed by atoms with E-state index in [1.165, 1.54) is 0 Å². The van der Waals surface area contributed by atoms with Crippen LogP contribution in [0, 0.1) is 17.0 Å². The van der Waals surface area contributed by atoms with Crippen molar-refractivity contribution in [3.63, 3.8) is 0 Å². The second-order valence-electron chi connectivity index (χ2n) is 3.79. The summed E-state index contributed by atoms with van der Waals surface area (Å²) in [4.78, 5) is 28.6. The van der Waals surface area contributed by atoms with Gasteiger partial charge in [-0.15, -0.1) is 0 Å². The number of carbonyl (C=O) groups is 1. The molecule has 2 aromatic heterocycles. The van der Waals surface area contributed by atoms with E-state index in [9.17, 15) is 14.9 Å². The van der Waals surface area contributed by atoms with Crippen molar-refractivity contribution < 1.29 is 19.6 Å². The third kappa shape index (κ3) is 2.69. The monoisotopic (exact) mass is 275 g/mol. The lowest BCUT2D eigenvalue weighted by Crippen LogP contribution is -2.04. The van der Waals surface area contributed by atoms with Crippen LogP contribution in [0.5, 0.6) is 11.6 Å². The number of pyridine rings is 2. The summed E-state index contributed by atoms with van der Waals surface area (Å²) in [5, 5.41) is 19.7. The van der Waals surface area contributed by atoms with Crippen molar-refractivity contribution in [2.75, 3.05) is 0 Å². The fraction of sp³-hybridized carbons (Fsp3) is 0.0833. The maximum Gasteiger partial charge on any atom is 0.342 e. The van der Waals surface area contributed by atoms with Gasteiger partial charge in [0, 0.05) is 12.3 Å². The van der Waals surface area contributed by atoms with E-state index in [1.54, 1.807) is 25.3 Å². The van der Waals surface area contributed by atoms with E-state index in [4.69, 9.17) is 9.84 Å². The van der Waals surface area contributed by atoms with E-state index in [2.05, 4.69) is 9.97 Å². The van der Waals surface area contributed by atoms with Crippen LogP contribution in [-0.2, 0) is 0 Å². The number of carboxylic acids is 1. The van der Waals surface area contributed by atoms with Crippen LogP contribution in [0.4, 0.5) is 5.69 Å². The molecule has 0 unspecified atom stereocenters. The first-order chi connectivity index (χ1) is 9.49. The fourth-order valence-corrected chi connectivity index (χ4v) is 1.49. The standard InChI is InChI=1S/C12H9N3O5/c1-7-10(3-2-4-13-7)20-11-5-8(12(16)17)9(6-14-11)15(18)19/h2-6H,1H3,(H,16,17). The van der Waals surface area contributed by atoms with Crippen LogP contribution < -0.4 is 4.74 Å². The van der Waals surface area contributed by atoms with Gasteiger partial charge in [-0.1, -0.05) is 0 Å². The molecule has 0 saturated carbocycles. The summed E-state index contributed by atoms with van der Waals surface area (Å²) in [5.74, 6) is -1.08. The van der Waals surface area contributed by atoms with Crippen molar-refractivity contribution in [2.45, 2.75) is 6.92 Å². The summed E-state index contributed by atoms with van der Waals surface area (Å²) in [6, 6.07) is 4.28. The number of rotatable bonds is 4. The van der Waals surface area contributed by atoms with E-state index in [-0.39, 0.29) is 5.88 Å². The molecule has 102 valence electrons. The summed E-state index contributed by atoms with van der Waals surface area (Å²) < 4.78 is 5.38. The van der Waals surface area contributed by atoms with Gasteiger partial charge < -0.3 is 9.84 Å². The topological polar surface area (TPSA) is 115 Å². The molecule has 8 nitrogen and oxygen atoms in total. The number of aryl methyl sites for hydroxylation is 1. The van der Waals surface area contributed by atoms with Crippen molar-refractivity contribution in [3.8, 4) is 11.6 Å². The Morgan fingerprint density at radius 1 is 1.45 bits per heavy atom. The third-order valence-electron chi connectivity index (χ3n) is 2.46. The number of nitro groups is 1. The zero-order valence-corrected chi connectivity index (χ0v) is 10.3. The van der Waals surface area contributed by atoms with Gasteiger partial charge >= 0.3 is 11.7 Å². The Labute approximate surface area is 112 Å². The van der Waals surface area contributed by atoms with E-state index in [0.717, 1.165) is 12.3 Å². The summed E-state index contributed by atoms with van der Waals surface area (Å²) in [6.07, 6.45) is 2.43. The average molecular weight is 275 g/mol. The Morgan fingerprint density at radius 3 is 2.80 bits per heavy atom. The first-order valence-corrected chi connectivity index (χ1v) is 5.46. The lowest BCUT2D eigenvalue weighted by molar-refractivity contribution is -0.385. The van der Waals surface area contributed by atoms with Gasteiger partial charge in [0.2, 0.25) is 5.88 Å². The highest BCUT2D eigenvalue weighted by Crippen LogP contribution is 2.26. The predicted molar refractivity (Wildman–Crippen MR) is 66.9 cm³/mol. The molecule has 1 N–H and O–H groups in total. The average Bonchev–Trinajstić information content (AvgIpc) is 2.41. The van der Waals surface area contributed by atoms with Crippen LogP contribution in [0.3, 0.4) is 0 Å². The van der Waals surface area contributed by atoms with Crippen LogP contribution >= 0.6 is 0 Å². The molecular weight excluding hydrogens is 266 g/mol. The molecule has 0 amide bonds. The second-order valence-corrected chi connectivity index (χ2v) is 3.79. The van der Waals surface area contributed by atoms with Crippen LogP contribution in [0.25, 0.3) is 0 Å².